The minimum absolute atomic E-state index is 0.495. The van der Waals surface area contributed by atoms with E-state index in [9.17, 15) is 0 Å². The van der Waals surface area contributed by atoms with Gasteiger partial charge in [-0.25, -0.2) is 0 Å². The number of hydrogen-bond acceptors (Lipinski definition) is 0. The van der Waals surface area contributed by atoms with Crippen LogP contribution in [0.3, 0.4) is 0 Å². The van der Waals surface area contributed by atoms with Crippen LogP contribution >= 0.6 is 31.9 Å². The quantitative estimate of drug-likeness (QED) is 0.661. The molecule has 1 aliphatic rings. The van der Waals surface area contributed by atoms with Gasteiger partial charge in [-0.3, -0.25) is 0 Å². The van der Waals surface area contributed by atoms with Gasteiger partial charge in [0.1, 0.15) is 0 Å². The molecule has 1 aliphatic carbocycles. The highest BCUT2D eigenvalue weighted by Crippen LogP contribution is 2.47. The maximum absolute atomic E-state index is 3.66. The van der Waals surface area contributed by atoms with Gasteiger partial charge >= 0.3 is 0 Å². The molecule has 2 aromatic rings. The van der Waals surface area contributed by atoms with Gasteiger partial charge in [0.15, 0.2) is 0 Å². The first kappa shape index (κ1) is 11.5. The Morgan fingerprint density at radius 1 is 0.882 bits per heavy atom. The molecule has 0 fully saturated rings. The fraction of sp³-hybridized carbons (Fsp3) is 0.200. The number of benzene rings is 2. The minimum atomic E-state index is 0.495. The Bertz CT molecular complexity index is 561. The Labute approximate surface area is 118 Å². The summed E-state index contributed by atoms with van der Waals surface area (Å²) in [5.41, 5.74) is 7.15. The zero-order valence-corrected chi connectivity index (χ0v) is 12.5. The fourth-order valence-corrected chi connectivity index (χ4v) is 3.90. The van der Waals surface area contributed by atoms with E-state index in [0.29, 0.717) is 5.92 Å². The van der Waals surface area contributed by atoms with Gasteiger partial charge in [-0.1, -0.05) is 74.3 Å². The van der Waals surface area contributed by atoms with Crippen molar-refractivity contribution in [3.63, 3.8) is 0 Å². The summed E-state index contributed by atoms with van der Waals surface area (Å²) in [7, 11) is 0. The average molecular weight is 352 g/mol. The highest BCUT2D eigenvalue weighted by Gasteiger charge is 2.29. The fourth-order valence-electron chi connectivity index (χ4n) is 2.74. The maximum atomic E-state index is 3.66. The predicted octanol–water partition coefficient (Wildman–Crippen LogP) is 5.09. The zero-order valence-electron chi connectivity index (χ0n) is 9.29. The number of halogens is 2. The molecule has 0 saturated carbocycles. The van der Waals surface area contributed by atoms with E-state index in [4.69, 9.17) is 0 Å². The van der Waals surface area contributed by atoms with Crippen LogP contribution in [0.5, 0.6) is 0 Å². The first-order chi connectivity index (χ1) is 8.36. The molecule has 2 heteroatoms. The van der Waals surface area contributed by atoms with Gasteiger partial charge < -0.3 is 0 Å². The number of alkyl halides is 2. The molecule has 0 heterocycles. The van der Waals surface area contributed by atoms with Crippen LogP contribution in [0.25, 0.3) is 11.1 Å². The van der Waals surface area contributed by atoms with Gasteiger partial charge in [0.05, 0.1) is 0 Å². The molecule has 1 unspecified atom stereocenters. The van der Waals surface area contributed by atoms with Gasteiger partial charge in [0, 0.05) is 16.6 Å². The van der Waals surface area contributed by atoms with Crippen molar-refractivity contribution in [2.45, 2.75) is 11.2 Å². The Morgan fingerprint density at radius 2 is 1.65 bits per heavy atom. The highest BCUT2D eigenvalue weighted by atomic mass is 79.9. The third-order valence-corrected chi connectivity index (χ3v) is 4.72. The monoisotopic (exact) mass is 350 g/mol. The molecule has 1 atom stereocenters. The van der Waals surface area contributed by atoms with E-state index in [1.54, 1.807) is 0 Å². The van der Waals surface area contributed by atoms with Crippen LogP contribution in [0.2, 0.25) is 0 Å². The molecular weight excluding hydrogens is 340 g/mol. The van der Waals surface area contributed by atoms with E-state index in [0.717, 1.165) is 10.7 Å². The summed E-state index contributed by atoms with van der Waals surface area (Å²) in [6.45, 7) is 0. The SMILES string of the molecule is BrCc1cccc2c1C(CBr)c1ccccc1-2. The second-order valence-corrected chi connectivity index (χ2v) is 5.51. The van der Waals surface area contributed by atoms with Crippen LogP contribution in [0.15, 0.2) is 42.5 Å². The molecule has 0 amide bonds. The van der Waals surface area contributed by atoms with Crippen LogP contribution in [0, 0.1) is 0 Å². The molecule has 86 valence electrons. The lowest BCUT2D eigenvalue weighted by molar-refractivity contribution is 0.965. The molecule has 3 rings (SSSR count). The Kier molecular flexibility index (Phi) is 3.10. The van der Waals surface area contributed by atoms with Gasteiger partial charge in [0.2, 0.25) is 0 Å². The molecule has 0 bridgehead atoms. The van der Waals surface area contributed by atoms with E-state index >= 15 is 0 Å². The maximum Gasteiger partial charge on any atom is 0.0286 e. The summed E-state index contributed by atoms with van der Waals surface area (Å²) in [4.78, 5) is 0. The average Bonchev–Trinajstić information content (AvgIpc) is 2.72. The van der Waals surface area contributed by atoms with Crippen molar-refractivity contribution in [3.05, 3.63) is 59.2 Å². The molecule has 0 radical (unpaired) electrons. The summed E-state index contributed by atoms with van der Waals surface area (Å²) in [6.07, 6.45) is 0. The van der Waals surface area contributed by atoms with Gasteiger partial charge in [-0.2, -0.15) is 0 Å². The van der Waals surface area contributed by atoms with Crippen LogP contribution < -0.4 is 0 Å². The van der Waals surface area contributed by atoms with Crippen molar-refractivity contribution in [2.24, 2.45) is 0 Å². The molecular formula is C15H12Br2. The molecule has 0 spiro atoms. The van der Waals surface area contributed by atoms with E-state index < -0.39 is 0 Å². The highest BCUT2D eigenvalue weighted by molar-refractivity contribution is 9.09. The lowest BCUT2D eigenvalue weighted by atomic mass is 9.95. The van der Waals surface area contributed by atoms with Crippen molar-refractivity contribution in [3.8, 4) is 11.1 Å². The number of hydrogen-bond donors (Lipinski definition) is 0. The molecule has 17 heavy (non-hydrogen) atoms. The topological polar surface area (TPSA) is 0 Å². The first-order valence-electron chi connectivity index (χ1n) is 5.70. The van der Waals surface area contributed by atoms with Crippen LogP contribution in [0.1, 0.15) is 22.6 Å². The molecule has 0 nitrogen and oxygen atoms in total. The standard InChI is InChI=1S/C15H12Br2/c16-8-10-4-3-7-13-11-5-1-2-6-12(11)14(9-17)15(10)13/h1-7,14H,8-9H2. The predicted molar refractivity (Wildman–Crippen MR) is 80.1 cm³/mol. The summed E-state index contributed by atoms with van der Waals surface area (Å²) in [5.74, 6) is 0.495. The van der Waals surface area contributed by atoms with Crippen LogP contribution in [-0.4, -0.2) is 5.33 Å². The molecule has 2 aromatic carbocycles. The van der Waals surface area contributed by atoms with E-state index in [-0.39, 0.29) is 0 Å². The first-order valence-corrected chi connectivity index (χ1v) is 7.94. The molecule has 0 aliphatic heterocycles. The summed E-state index contributed by atoms with van der Waals surface area (Å²) in [5, 5.41) is 1.91. The molecule has 0 aromatic heterocycles. The van der Waals surface area contributed by atoms with Crippen molar-refractivity contribution in [2.75, 3.05) is 5.33 Å². The largest absolute Gasteiger partial charge is 0.0918 e. The van der Waals surface area contributed by atoms with Crippen molar-refractivity contribution >= 4 is 31.9 Å². The smallest absolute Gasteiger partial charge is 0.0286 e. The second-order valence-electron chi connectivity index (χ2n) is 4.31. The zero-order chi connectivity index (χ0) is 11.8. The number of rotatable bonds is 2. The third kappa shape index (κ3) is 1.69. The van der Waals surface area contributed by atoms with Gasteiger partial charge in [-0.15, -0.1) is 0 Å². The van der Waals surface area contributed by atoms with E-state index in [1.807, 2.05) is 0 Å². The normalized spacial score (nSPS) is 16.7. The Balaban J connectivity index is 2.30. The van der Waals surface area contributed by atoms with Crippen molar-refractivity contribution < 1.29 is 0 Å². The molecule has 0 N–H and O–H groups in total. The van der Waals surface area contributed by atoms with Crippen LogP contribution in [-0.2, 0) is 5.33 Å². The second kappa shape index (κ2) is 4.58. The summed E-state index contributed by atoms with van der Waals surface area (Å²) in [6, 6.07) is 15.4. The van der Waals surface area contributed by atoms with Crippen LogP contribution in [0.4, 0.5) is 0 Å². The third-order valence-electron chi connectivity index (χ3n) is 3.47. The number of fused-ring (bicyclic) bond motifs is 3. The van der Waals surface area contributed by atoms with E-state index in [1.165, 1.54) is 27.8 Å². The summed E-state index contributed by atoms with van der Waals surface area (Å²) < 4.78 is 0. The Hall–Kier alpha value is -0.600. The van der Waals surface area contributed by atoms with Gasteiger partial charge in [0.25, 0.3) is 0 Å². The van der Waals surface area contributed by atoms with E-state index in [2.05, 4.69) is 74.3 Å². The van der Waals surface area contributed by atoms with Gasteiger partial charge in [-0.05, 0) is 27.8 Å². The lowest BCUT2D eigenvalue weighted by Crippen LogP contribution is -2.00. The Morgan fingerprint density at radius 3 is 2.41 bits per heavy atom. The minimum Gasteiger partial charge on any atom is -0.0918 e. The molecule has 0 saturated heterocycles. The van der Waals surface area contributed by atoms with Crippen molar-refractivity contribution in [1.82, 2.24) is 0 Å². The lowest BCUT2D eigenvalue weighted by Gasteiger charge is -2.13. The summed E-state index contributed by atoms with van der Waals surface area (Å²) >= 11 is 7.26. The van der Waals surface area contributed by atoms with Crippen molar-refractivity contribution in [1.29, 1.82) is 0 Å².